The molecule has 1 N–H and O–H groups in total. The molecule has 0 spiro atoms. The van der Waals surface area contributed by atoms with Gasteiger partial charge < -0.3 is 4.90 Å². The first kappa shape index (κ1) is 13.0. The van der Waals surface area contributed by atoms with Gasteiger partial charge >= 0.3 is 0 Å². The normalized spacial score (nSPS) is 19.4. The lowest BCUT2D eigenvalue weighted by atomic mass is 10.1. The molecule has 1 unspecified atom stereocenters. The van der Waals surface area contributed by atoms with Crippen LogP contribution in [0.3, 0.4) is 0 Å². The number of hydrogen-bond donors (Lipinski definition) is 1. The number of rotatable bonds is 1. The van der Waals surface area contributed by atoms with Crippen molar-refractivity contribution in [1.82, 2.24) is 10.2 Å². The summed E-state index contributed by atoms with van der Waals surface area (Å²) in [7, 11) is 0. The Balaban J connectivity index is 1.93. The number of likely N-dealkylation sites (tertiary alicyclic amines) is 1. The number of alkyl halides is 1. The molecular weight excluding hydrogens is 251 g/mol. The van der Waals surface area contributed by atoms with Crippen LogP contribution in [0.5, 0.6) is 0 Å². The predicted molar refractivity (Wildman–Crippen MR) is 72.2 cm³/mol. The smallest absolute Gasteiger partial charge is 0.257 e. The van der Waals surface area contributed by atoms with E-state index in [1.807, 2.05) is 6.07 Å². The Morgan fingerprint density at radius 2 is 2.11 bits per heavy atom. The van der Waals surface area contributed by atoms with Crippen LogP contribution in [-0.2, 0) is 0 Å². The summed E-state index contributed by atoms with van der Waals surface area (Å²) in [5, 5.41) is 2.95. The van der Waals surface area contributed by atoms with E-state index < -0.39 is 6.17 Å². The molecule has 0 aliphatic carbocycles. The molecule has 96 valence electrons. The maximum Gasteiger partial charge on any atom is 0.257 e. The van der Waals surface area contributed by atoms with Crippen molar-refractivity contribution in [2.24, 2.45) is 0 Å². The Morgan fingerprint density at radius 3 is 2.78 bits per heavy atom. The Hall–Kier alpha value is -1.49. The Kier molecular flexibility index (Phi) is 4.25. The predicted octanol–water partition coefficient (Wildman–Crippen LogP) is 2.14. The van der Waals surface area contributed by atoms with Gasteiger partial charge in [0.1, 0.15) is 6.17 Å². The fourth-order valence-corrected chi connectivity index (χ4v) is 2.21. The van der Waals surface area contributed by atoms with Gasteiger partial charge in [0.25, 0.3) is 5.91 Å². The first-order chi connectivity index (χ1) is 8.66. The summed E-state index contributed by atoms with van der Waals surface area (Å²) in [5.41, 5.74) is 0.550. The summed E-state index contributed by atoms with van der Waals surface area (Å²) in [6.45, 7) is 0.974. The SMILES string of the molecule is O=C(NC(=S)N1CCCC(F)C1)c1ccccc1. The van der Waals surface area contributed by atoms with Gasteiger partial charge in [-0.2, -0.15) is 0 Å². The Bertz CT molecular complexity index is 438. The van der Waals surface area contributed by atoms with E-state index in [-0.39, 0.29) is 12.5 Å². The van der Waals surface area contributed by atoms with Crippen molar-refractivity contribution in [3.63, 3.8) is 0 Å². The van der Waals surface area contributed by atoms with Crippen LogP contribution in [0.1, 0.15) is 23.2 Å². The zero-order valence-corrected chi connectivity index (χ0v) is 10.8. The van der Waals surface area contributed by atoms with E-state index >= 15 is 0 Å². The first-order valence-electron chi connectivity index (χ1n) is 5.96. The average molecular weight is 266 g/mol. The van der Waals surface area contributed by atoms with Crippen LogP contribution < -0.4 is 5.32 Å². The van der Waals surface area contributed by atoms with E-state index in [0.29, 0.717) is 23.6 Å². The second-order valence-corrected chi connectivity index (χ2v) is 4.70. The van der Waals surface area contributed by atoms with E-state index in [1.54, 1.807) is 29.2 Å². The van der Waals surface area contributed by atoms with E-state index in [2.05, 4.69) is 5.32 Å². The van der Waals surface area contributed by atoms with E-state index in [9.17, 15) is 9.18 Å². The highest BCUT2D eigenvalue weighted by molar-refractivity contribution is 7.80. The molecule has 1 atom stereocenters. The minimum absolute atomic E-state index is 0.249. The van der Waals surface area contributed by atoms with Crippen LogP contribution in [0.15, 0.2) is 30.3 Å². The summed E-state index contributed by atoms with van der Waals surface area (Å²) in [6, 6.07) is 8.85. The fraction of sp³-hybridized carbons (Fsp3) is 0.385. The van der Waals surface area contributed by atoms with Crippen LogP contribution in [0.4, 0.5) is 4.39 Å². The highest BCUT2D eigenvalue weighted by atomic mass is 32.1. The number of hydrogen-bond acceptors (Lipinski definition) is 2. The molecule has 0 aromatic heterocycles. The Morgan fingerprint density at radius 1 is 1.39 bits per heavy atom. The highest BCUT2D eigenvalue weighted by Crippen LogP contribution is 2.13. The van der Waals surface area contributed by atoms with Gasteiger partial charge in [0.2, 0.25) is 0 Å². The van der Waals surface area contributed by atoms with Gasteiger partial charge in [-0.15, -0.1) is 0 Å². The van der Waals surface area contributed by atoms with Gasteiger partial charge in [-0.3, -0.25) is 10.1 Å². The van der Waals surface area contributed by atoms with Gasteiger partial charge in [-0.1, -0.05) is 18.2 Å². The van der Waals surface area contributed by atoms with Crippen molar-refractivity contribution >= 4 is 23.2 Å². The molecule has 1 fully saturated rings. The van der Waals surface area contributed by atoms with Crippen LogP contribution in [0.25, 0.3) is 0 Å². The van der Waals surface area contributed by atoms with Crippen molar-refractivity contribution in [3.05, 3.63) is 35.9 Å². The minimum Gasteiger partial charge on any atom is -0.346 e. The molecule has 1 heterocycles. The zero-order valence-electron chi connectivity index (χ0n) is 9.93. The molecule has 5 heteroatoms. The van der Waals surface area contributed by atoms with Crippen LogP contribution in [0, 0.1) is 0 Å². The Labute approximate surface area is 111 Å². The number of carbonyl (C=O) groups is 1. The molecule has 1 aliphatic rings. The summed E-state index contributed by atoms with van der Waals surface area (Å²) in [5.74, 6) is -0.249. The number of nitrogens with one attached hydrogen (secondary N) is 1. The van der Waals surface area contributed by atoms with Crippen molar-refractivity contribution in [3.8, 4) is 0 Å². The number of thiocarbonyl (C=S) groups is 1. The molecule has 0 radical (unpaired) electrons. The quantitative estimate of drug-likeness (QED) is 0.790. The molecule has 1 aromatic carbocycles. The van der Waals surface area contributed by atoms with Crippen molar-refractivity contribution in [2.45, 2.75) is 19.0 Å². The molecule has 2 rings (SSSR count). The third-order valence-electron chi connectivity index (χ3n) is 2.91. The fourth-order valence-electron chi connectivity index (χ4n) is 1.95. The molecule has 18 heavy (non-hydrogen) atoms. The topological polar surface area (TPSA) is 32.3 Å². The second-order valence-electron chi connectivity index (χ2n) is 4.31. The van der Waals surface area contributed by atoms with Gasteiger partial charge in [0.05, 0.1) is 6.54 Å². The lowest BCUT2D eigenvalue weighted by Gasteiger charge is -2.30. The minimum atomic E-state index is -0.856. The number of carbonyl (C=O) groups excluding carboxylic acids is 1. The number of amides is 1. The van der Waals surface area contributed by atoms with Crippen molar-refractivity contribution in [2.75, 3.05) is 13.1 Å². The first-order valence-corrected chi connectivity index (χ1v) is 6.37. The van der Waals surface area contributed by atoms with Crippen LogP contribution in [-0.4, -0.2) is 35.2 Å². The number of halogens is 1. The van der Waals surface area contributed by atoms with Gasteiger partial charge in [0.15, 0.2) is 5.11 Å². The molecular formula is C13H15FN2OS. The van der Waals surface area contributed by atoms with Gasteiger partial charge in [-0.05, 0) is 37.2 Å². The van der Waals surface area contributed by atoms with Crippen molar-refractivity contribution < 1.29 is 9.18 Å². The van der Waals surface area contributed by atoms with Crippen LogP contribution >= 0.6 is 12.2 Å². The second kappa shape index (κ2) is 5.91. The van der Waals surface area contributed by atoms with Crippen molar-refractivity contribution in [1.29, 1.82) is 0 Å². The third-order valence-corrected chi connectivity index (χ3v) is 3.27. The molecule has 1 aromatic rings. The van der Waals surface area contributed by atoms with E-state index in [1.165, 1.54) is 0 Å². The molecule has 1 aliphatic heterocycles. The zero-order chi connectivity index (χ0) is 13.0. The number of piperidine rings is 1. The number of nitrogens with zero attached hydrogens (tertiary/aromatic N) is 1. The molecule has 0 bridgehead atoms. The lowest BCUT2D eigenvalue weighted by Crippen LogP contribution is -2.47. The van der Waals surface area contributed by atoms with Crippen LogP contribution in [0.2, 0.25) is 0 Å². The highest BCUT2D eigenvalue weighted by Gasteiger charge is 2.22. The lowest BCUT2D eigenvalue weighted by molar-refractivity contribution is 0.0969. The maximum absolute atomic E-state index is 13.2. The number of benzene rings is 1. The van der Waals surface area contributed by atoms with E-state index in [4.69, 9.17) is 12.2 Å². The molecule has 3 nitrogen and oxygen atoms in total. The van der Waals surface area contributed by atoms with E-state index in [0.717, 1.165) is 6.42 Å². The summed E-state index contributed by atoms with van der Waals surface area (Å²) in [6.07, 6.45) is 0.485. The molecule has 1 amide bonds. The third kappa shape index (κ3) is 3.26. The van der Waals surface area contributed by atoms with Gasteiger partial charge in [-0.25, -0.2) is 4.39 Å². The summed E-state index contributed by atoms with van der Waals surface area (Å²) in [4.78, 5) is 13.6. The average Bonchev–Trinajstić information content (AvgIpc) is 2.39. The molecule has 0 saturated carbocycles. The molecule has 1 saturated heterocycles. The monoisotopic (exact) mass is 266 g/mol. The maximum atomic E-state index is 13.2. The summed E-state index contributed by atoms with van der Waals surface area (Å²) >= 11 is 5.13. The standard InChI is InChI=1S/C13H15FN2OS/c14-11-7-4-8-16(9-11)13(18)15-12(17)10-5-2-1-3-6-10/h1-3,5-6,11H,4,7-9H2,(H,15,17,18). The van der Waals surface area contributed by atoms with Gasteiger partial charge in [0, 0.05) is 12.1 Å². The largest absolute Gasteiger partial charge is 0.346 e. The summed E-state index contributed by atoms with van der Waals surface area (Å²) < 4.78 is 13.2.